The number of nitrogens with zero attached hydrogens (tertiary/aromatic N) is 3. The Kier molecular flexibility index (Phi) is 4.67. The third-order valence-corrected chi connectivity index (χ3v) is 5.01. The van der Waals surface area contributed by atoms with Gasteiger partial charge in [0, 0.05) is 25.4 Å². The molecular weight excluding hydrogens is 300 g/mol. The topological polar surface area (TPSA) is 80.0 Å². The van der Waals surface area contributed by atoms with Crippen LogP contribution in [0.4, 0.5) is 0 Å². The van der Waals surface area contributed by atoms with Crippen LogP contribution in [0.25, 0.3) is 10.6 Å². The molecule has 2 aromatic rings. The van der Waals surface area contributed by atoms with Crippen LogP contribution in [0.2, 0.25) is 0 Å². The summed E-state index contributed by atoms with van der Waals surface area (Å²) in [6.07, 6.45) is 3.59. The first kappa shape index (κ1) is 16.6. The average molecular weight is 322 g/mol. The van der Waals surface area contributed by atoms with E-state index in [0.29, 0.717) is 10.6 Å². The Hall–Kier alpha value is -1.73. The van der Waals surface area contributed by atoms with Gasteiger partial charge >= 0.3 is 0 Å². The molecular formula is C15H22N4O2S. The third-order valence-electron chi connectivity index (χ3n) is 3.81. The molecule has 0 bridgehead atoms. The maximum absolute atomic E-state index is 12.3. The van der Waals surface area contributed by atoms with Crippen LogP contribution < -0.4 is 5.32 Å². The van der Waals surface area contributed by atoms with Crippen LogP contribution in [0.3, 0.4) is 0 Å². The van der Waals surface area contributed by atoms with Gasteiger partial charge in [-0.15, -0.1) is 11.3 Å². The molecule has 2 rings (SSSR count). The Balaban J connectivity index is 2.12. The van der Waals surface area contributed by atoms with Crippen LogP contribution in [-0.4, -0.2) is 37.9 Å². The number of hydrogen-bond acceptors (Lipinski definition) is 5. The van der Waals surface area contributed by atoms with Crippen LogP contribution in [-0.2, 0) is 7.05 Å². The fourth-order valence-corrected chi connectivity index (χ4v) is 2.76. The number of carbonyl (C=O) groups excluding carboxylic acids is 1. The van der Waals surface area contributed by atoms with Gasteiger partial charge in [0.2, 0.25) is 0 Å². The molecule has 1 unspecified atom stereocenters. The number of thiazole rings is 1. The molecule has 0 saturated carbocycles. The molecule has 0 saturated heterocycles. The summed E-state index contributed by atoms with van der Waals surface area (Å²) in [7, 11) is 1.84. The second kappa shape index (κ2) is 6.18. The standard InChI is InChI=1S/C15H22N4O2S/c1-9(2)15(4,21)8-16-13(20)12-10(3)18-14(22-12)11-6-17-19(5)7-11/h6-7,9,21H,8H2,1-5H3,(H,16,20). The molecule has 0 aliphatic rings. The molecule has 2 aromatic heterocycles. The fraction of sp³-hybridized carbons (Fsp3) is 0.533. The van der Waals surface area contributed by atoms with Crippen molar-refractivity contribution in [1.29, 1.82) is 0 Å². The highest BCUT2D eigenvalue weighted by atomic mass is 32.1. The maximum Gasteiger partial charge on any atom is 0.263 e. The van der Waals surface area contributed by atoms with Crippen LogP contribution in [0, 0.1) is 12.8 Å². The molecule has 6 nitrogen and oxygen atoms in total. The summed E-state index contributed by atoms with van der Waals surface area (Å²) in [5, 5.41) is 17.9. The molecule has 0 aliphatic heterocycles. The van der Waals surface area contributed by atoms with E-state index < -0.39 is 5.60 Å². The lowest BCUT2D eigenvalue weighted by Gasteiger charge is -2.27. The summed E-state index contributed by atoms with van der Waals surface area (Å²) in [5.74, 6) is -0.146. The van der Waals surface area contributed by atoms with Gasteiger partial charge in [0.25, 0.3) is 5.91 Å². The zero-order valence-corrected chi connectivity index (χ0v) is 14.4. The predicted octanol–water partition coefficient (Wildman–Crippen LogP) is 1.99. The monoisotopic (exact) mass is 322 g/mol. The van der Waals surface area contributed by atoms with Gasteiger partial charge in [-0.2, -0.15) is 5.10 Å². The number of nitrogens with one attached hydrogen (secondary N) is 1. The molecule has 2 N–H and O–H groups in total. The summed E-state index contributed by atoms with van der Waals surface area (Å²) >= 11 is 1.33. The zero-order valence-electron chi connectivity index (χ0n) is 13.5. The van der Waals surface area contributed by atoms with E-state index >= 15 is 0 Å². The number of hydrogen-bond donors (Lipinski definition) is 2. The molecule has 0 aromatic carbocycles. The summed E-state index contributed by atoms with van der Waals surface area (Å²) in [5.41, 5.74) is 0.648. The average Bonchev–Trinajstić information content (AvgIpc) is 3.02. The number of carbonyl (C=O) groups is 1. The van der Waals surface area contributed by atoms with Gasteiger partial charge in [-0.1, -0.05) is 13.8 Å². The van der Waals surface area contributed by atoms with Gasteiger partial charge in [0.1, 0.15) is 9.88 Å². The van der Waals surface area contributed by atoms with Crippen molar-refractivity contribution in [3.8, 4) is 10.6 Å². The van der Waals surface area contributed by atoms with Crippen molar-refractivity contribution in [2.45, 2.75) is 33.3 Å². The van der Waals surface area contributed by atoms with Crippen molar-refractivity contribution in [2.24, 2.45) is 13.0 Å². The number of aromatic nitrogens is 3. The summed E-state index contributed by atoms with van der Waals surface area (Å²) in [6.45, 7) is 7.59. The molecule has 7 heteroatoms. The van der Waals surface area contributed by atoms with Crippen LogP contribution in [0.5, 0.6) is 0 Å². The first-order valence-corrected chi connectivity index (χ1v) is 7.99. The Labute approximate surface area is 134 Å². The summed E-state index contributed by atoms with van der Waals surface area (Å²) in [6, 6.07) is 0. The predicted molar refractivity (Wildman–Crippen MR) is 86.8 cm³/mol. The second-order valence-corrected chi connectivity index (χ2v) is 7.03. The van der Waals surface area contributed by atoms with E-state index in [1.807, 2.05) is 34.0 Å². The van der Waals surface area contributed by atoms with E-state index in [1.54, 1.807) is 17.8 Å². The minimum atomic E-state index is -0.930. The first-order chi connectivity index (χ1) is 10.2. The Morgan fingerprint density at radius 2 is 2.23 bits per heavy atom. The van der Waals surface area contributed by atoms with E-state index in [-0.39, 0.29) is 18.4 Å². The lowest BCUT2D eigenvalue weighted by atomic mass is 9.92. The number of aryl methyl sites for hydroxylation is 2. The molecule has 0 fully saturated rings. The van der Waals surface area contributed by atoms with Crippen molar-refractivity contribution in [3.63, 3.8) is 0 Å². The molecule has 22 heavy (non-hydrogen) atoms. The Morgan fingerprint density at radius 3 is 2.77 bits per heavy atom. The van der Waals surface area contributed by atoms with Gasteiger partial charge in [-0.3, -0.25) is 9.48 Å². The van der Waals surface area contributed by atoms with Crippen LogP contribution >= 0.6 is 11.3 Å². The maximum atomic E-state index is 12.3. The molecule has 0 spiro atoms. The number of amides is 1. The van der Waals surface area contributed by atoms with Gasteiger partial charge in [0.05, 0.1) is 17.5 Å². The number of rotatable bonds is 5. The molecule has 1 atom stereocenters. The zero-order chi connectivity index (χ0) is 16.5. The smallest absolute Gasteiger partial charge is 0.263 e. The van der Waals surface area contributed by atoms with Crippen molar-refractivity contribution in [1.82, 2.24) is 20.1 Å². The minimum Gasteiger partial charge on any atom is -0.388 e. The van der Waals surface area contributed by atoms with Gasteiger partial charge in [0.15, 0.2) is 0 Å². The fourth-order valence-electron chi connectivity index (χ4n) is 1.81. The highest BCUT2D eigenvalue weighted by Crippen LogP contribution is 2.27. The van der Waals surface area contributed by atoms with E-state index in [9.17, 15) is 9.90 Å². The Bertz CT molecular complexity index is 673. The van der Waals surface area contributed by atoms with Gasteiger partial charge in [-0.25, -0.2) is 4.98 Å². The van der Waals surface area contributed by atoms with E-state index in [1.165, 1.54) is 11.3 Å². The highest BCUT2D eigenvalue weighted by molar-refractivity contribution is 7.17. The van der Waals surface area contributed by atoms with E-state index in [2.05, 4.69) is 15.4 Å². The van der Waals surface area contributed by atoms with Gasteiger partial charge < -0.3 is 10.4 Å². The molecule has 120 valence electrons. The highest BCUT2D eigenvalue weighted by Gasteiger charge is 2.26. The molecule has 2 heterocycles. The second-order valence-electron chi connectivity index (χ2n) is 6.03. The first-order valence-electron chi connectivity index (χ1n) is 7.17. The molecule has 0 radical (unpaired) electrons. The SMILES string of the molecule is Cc1nc(-c2cnn(C)c2)sc1C(=O)NCC(C)(O)C(C)C. The summed E-state index contributed by atoms with van der Waals surface area (Å²) < 4.78 is 1.70. The van der Waals surface area contributed by atoms with E-state index in [0.717, 1.165) is 10.6 Å². The summed E-state index contributed by atoms with van der Waals surface area (Å²) in [4.78, 5) is 17.3. The molecule has 1 amide bonds. The third kappa shape index (κ3) is 3.53. The lowest BCUT2D eigenvalue weighted by Crippen LogP contribution is -2.44. The van der Waals surface area contributed by atoms with Crippen LogP contribution in [0.1, 0.15) is 36.1 Å². The van der Waals surface area contributed by atoms with Crippen molar-refractivity contribution < 1.29 is 9.90 Å². The van der Waals surface area contributed by atoms with Crippen LogP contribution in [0.15, 0.2) is 12.4 Å². The Morgan fingerprint density at radius 1 is 1.55 bits per heavy atom. The minimum absolute atomic E-state index is 0.0568. The van der Waals surface area contributed by atoms with Crippen molar-refractivity contribution in [2.75, 3.05) is 6.54 Å². The lowest BCUT2D eigenvalue weighted by molar-refractivity contribution is 0.0142. The van der Waals surface area contributed by atoms with E-state index in [4.69, 9.17) is 0 Å². The largest absolute Gasteiger partial charge is 0.388 e. The van der Waals surface area contributed by atoms with Gasteiger partial charge in [-0.05, 0) is 19.8 Å². The number of aliphatic hydroxyl groups is 1. The normalized spacial score (nSPS) is 14.1. The quantitative estimate of drug-likeness (QED) is 0.882. The van der Waals surface area contributed by atoms with Crippen molar-refractivity contribution in [3.05, 3.63) is 23.0 Å². The van der Waals surface area contributed by atoms with Crippen molar-refractivity contribution >= 4 is 17.2 Å². The molecule has 0 aliphatic carbocycles.